The maximum Gasteiger partial charge on any atom is 0.174 e. The number of rotatable bonds is 1. The molecule has 3 nitrogen and oxygen atoms in total. The third kappa shape index (κ3) is 2.89. The Balaban J connectivity index is 2.24. The van der Waals surface area contributed by atoms with Gasteiger partial charge >= 0.3 is 0 Å². The lowest BCUT2D eigenvalue weighted by Crippen LogP contribution is -2.53. The van der Waals surface area contributed by atoms with E-state index in [1.165, 1.54) is 6.42 Å². The van der Waals surface area contributed by atoms with Crippen molar-refractivity contribution >= 4 is 0 Å². The third-order valence-corrected chi connectivity index (χ3v) is 4.43. The SMILES string of the molecule is C[C@@H]1C[C@H](C)CC2(O[C@H](C)C[C@H](C)O2)[C@@H](CO)C1. The third-order valence-electron chi connectivity index (χ3n) is 4.43. The van der Waals surface area contributed by atoms with E-state index in [4.69, 9.17) is 9.47 Å². The van der Waals surface area contributed by atoms with Crippen molar-refractivity contribution in [3.8, 4) is 0 Å². The van der Waals surface area contributed by atoms with Gasteiger partial charge in [-0.2, -0.15) is 0 Å². The Morgan fingerprint density at radius 2 is 1.56 bits per heavy atom. The van der Waals surface area contributed by atoms with Crippen LogP contribution >= 0.6 is 0 Å². The predicted molar refractivity (Wildman–Crippen MR) is 71.2 cm³/mol. The highest BCUT2D eigenvalue weighted by Crippen LogP contribution is 2.44. The zero-order chi connectivity index (χ0) is 13.3. The Kier molecular flexibility index (Phi) is 4.35. The van der Waals surface area contributed by atoms with Crippen LogP contribution in [0.3, 0.4) is 0 Å². The van der Waals surface area contributed by atoms with E-state index in [0.717, 1.165) is 19.3 Å². The molecule has 0 radical (unpaired) electrons. The zero-order valence-corrected chi connectivity index (χ0v) is 12.2. The Bertz CT molecular complexity index is 269. The highest BCUT2D eigenvalue weighted by Gasteiger charge is 2.49. The first-order valence-corrected chi connectivity index (χ1v) is 7.41. The summed E-state index contributed by atoms with van der Waals surface area (Å²) in [7, 11) is 0. The van der Waals surface area contributed by atoms with Crippen molar-refractivity contribution in [3.63, 3.8) is 0 Å². The molecular formula is C15H28O3. The van der Waals surface area contributed by atoms with E-state index in [1.54, 1.807) is 0 Å². The quantitative estimate of drug-likeness (QED) is 0.784. The average Bonchev–Trinajstić information content (AvgIpc) is 2.33. The van der Waals surface area contributed by atoms with Crippen LogP contribution in [-0.2, 0) is 9.47 Å². The molecule has 1 aliphatic heterocycles. The molecular weight excluding hydrogens is 228 g/mol. The van der Waals surface area contributed by atoms with Gasteiger partial charge in [-0.05, 0) is 44.9 Å². The number of aliphatic hydroxyl groups is 1. The molecule has 1 aliphatic carbocycles. The second kappa shape index (κ2) is 5.48. The largest absolute Gasteiger partial charge is 0.396 e. The lowest BCUT2D eigenvalue weighted by molar-refractivity contribution is -0.342. The summed E-state index contributed by atoms with van der Waals surface area (Å²) in [6, 6.07) is 0. The molecule has 18 heavy (non-hydrogen) atoms. The first-order valence-electron chi connectivity index (χ1n) is 7.41. The minimum absolute atomic E-state index is 0.114. The van der Waals surface area contributed by atoms with Gasteiger partial charge in [-0.1, -0.05) is 13.8 Å². The summed E-state index contributed by atoms with van der Waals surface area (Å²) in [5.74, 6) is 0.795. The van der Waals surface area contributed by atoms with Gasteiger partial charge in [0.25, 0.3) is 0 Å². The Morgan fingerprint density at radius 3 is 2.11 bits per heavy atom. The van der Waals surface area contributed by atoms with Gasteiger partial charge in [0.1, 0.15) is 0 Å². The van der Waals surface area contributed by atoms with Gasteiger partial charge in [-0.25, -0.2) is 0 Å². The van der Waals surface area contributed by atoms with Gasteiger partial charge in [0.05, 0.1) is 18.8 Å². The van der Waals surface area contributed by atoms with E-state index in [9.17, 15) is 5.11 Å². The molecule has 1 heterocycles. The highest BCUT2D eigenvalue weighted by atomic mass is 16.7. The van der Waals surface area contributed by atoms with Crippen LogP contribution in [0.25, 0.3) is 0 Å². The maximum atomic E-state index is 9.75. The van der Waals surface area contributed by atoms with E-state index in [1.807, 2.05) is 0 Å². The summed E-state index contributed by atoms with van der Waals surface area (Å²) >= 11 is 0. The molecule has 2 rings (SSSR count). The lowest BCUT2D eigenvalue weighted by Gasteiger charge is -2.47. The van der Waals surface area contributed by atoms with Crippen molar-refractivity contribution in [2.24, 2.45) is 17.8 Å². The van der Waals surface area contributed by atoms with E-state index in [2.05, 4.69) is 27.7 Å². The Morgan fingerprint density at radius 1 is 0.944 bits per heavy atom. The smallest absolute Gasteiger partial charge is 0.174 e. The predicted octanol–water partition coefficient (Wildman–Crippen LogP) is 2.96. The summed E-state index contributed by atoms with van der Waals surface area (Å²) in [5.41, 5.74) is 0. The van der Waals surface area contributed by atoms with Crippen molar-refractivity contribution in [1.82, 2.24) is 0 Å². The van der Waals surface area contributed by atoms with Crippen LogP contribution in [0.2, 0.25) is 0 Å². The first kappa shape index (κ1) is 14.3. The molecule has 1 spiro atoms. The van der Waals surface area contributed by atoms with Gasteiger partial charge in [0.15, 0.2) is 5.79 Å². The number of ether oxygens (including phenoxy) is 2. The van der Waals surface area contributed by atoms with Crippen LogP contribution in [0.4, 0.5) is 0 Å². The number of hydrogen-bond acceptors (Lipinski definition) is 3. The molecule has 106 valence electrons. The molecule has 1 saturated carbocycles. The summed E-state index contributed by atoms with van der Waals surface area (Å²) in [6.07, 6.45) is 4.52. The van der Waals surface area contributed by atoms with Crippen molar-refractivity contribution in [1.29, 1.82) is 0 Å². The lowest BCUT2D eigenvalue weighted by atomic mass is 9.89. The van der Waals surface area contributed by atoms with E-state index in [0.29, 0.717) is 11.8 Å². The molecule has 3 heteroatoms. The minimum atomic E-state index is -0.546. The molecule has 0 bridgehead atoms. The molecule has 0 aromatic rings. The summed E-state index contributed by atoms with van der Waals surface area (Å²) in [4.78, 5) is 0. The van der Waals surface area contributed by atoms with Crippen LogP contribution in [0.15, 0.2) is 0 Å². The van der Waals surface area contributed by atoms with Crippen molar-refractivity contribution in [2.75, 3.05) is 6.61 Å². The average molecular weight is 256 g/mol. The maximum absolute atomic E-state index is 9.75. The second-order valence-electron chi connectivity index (χ2n) is 6.67. The molecule has 0 aromatic heterocycles. The number of hydrogen-bond donors (Lipinski definition) is 1. The second-order valence-corrected chi connectivity index (χ2v) is 6.67. The first-order chi connectivity index (χ1) is 8.45. The molecule has 2 fully saturated rings. The minimum Gasteiger partial charge on any atom is -0.396 e. The Labute approximate surface area is 111 Å². The normalized spacial score (nSPS) is 50.2. The molecule has 1 saturated heterocycles. The van der Waals surface area contributed by atoms with E-state index < -0.39 is 5.79 Å². The molecule has 1 N–H and O–H groups in total. The molecule has 2 aliphatic rings. The zero-order valence-electron chi connectivity index (χ0n) is 12.2. The fourth-order valence-electron chi connectivity index (χ4n) is 3.96. The molecule has 0 amide bonds. The fraction of sp³-hybridized carbons (Fsp3) is 1.00. The summed E-state index contributed by atoms with van der Waals surface area (Å²) in [5, 5.41) is 9.75. The van der Waals surface area contributed by atoms with Gasteiger partial charge in [-0.3, -0.25) is 0 Å². The van der Waals surface area contributed by atoms with Gasteiger partial charge in [0, 0.05) is 12.3 Å². The van der Waals surface area contributed by atoms with Crippen molar-refractivity contribution < 1.29 is 14.6 Å². The summed E-state index contributed by atoms with van der Waals surface area (Å²) < 4.78 is 12.4. The summed E-state index contributed by atoms with van der Waals surface area (Å²) in [6.45, 7) is 8.95. The van der Waals surface area contributed by atoms with Gasteiger partial charge < -0.3 is 14.6 Å². The van der Waals surface area contributed by atoms with Crippen LogP contribution in [0.1, 0.15) is 53.4 Å². The fourth-order valence-corrected chi connectivity index (χ4v) is 3.96. The van der Waals surface area contributed by atoms with Gasteiger partial charge in [-0.15, -0.1) is 0 Å². The van der Waals surface area contributed by atoms with E-state index >= 15 is 0 Å². The monoisotopic (exact) mass is 256 g/mol. The van der Waals surface area contributed by atoms with Crippen LogP contribution in [-0.4, -0.2) is 29.7 Å². The van der Waals surface area contributed by atoms with E-state index in [-0.39, 0.29) is 24.7 Å². The molecule has 6 atom stereocenters. The highest BCUT2D eigenvalue weighted by molar-refractivity contribution is 4.90. The van der Waals surface area contributed by atoms with Gasteiger partial charge in [0.2, 0.25) is 0 Å². The Hall–Kier alpha value is -0.120. The van der Waals surface area contributed by atoms with Crippen molar-refractivity contribution in [2.45, 2.75) is 71.4 Å². The number of aliphatic hydroxyl groups excluding tert-OH is 1. The van der Waals surface area contributed by atoms with Crippen molar-refractivity contribution in [3.05, 3.63) is 0 Å². The van der Waals surface area contributed by atoms with Crippen LogP contribution in [0.5, 0.6) is 0 Å². The standard InChI is InChI=1S/C15H28O3/c1-10-5-11(2)8-15(14(6-10)9-16)17-12(3)7-13(4)18-15/h10-14,16H,5-9H2,1-4H3/t10-,11+,12-,13+,14-,15?/m1/s1. The molecule has 0 aromatic carbocycles. The van der Waals surface area contributed by atoms with Crippen LogP contribution < -0.4 is 0 Å². The topological polar surface area (TPSA) is 38.7 Å². The van der Waals surface area contributed by atoms with Crippen LogP contribution in [0, 0.1) is 17.8 Å². The molecule has 1 unspecified atom stereocenters.